The molecule has 1 aromatic rings. The maximum atomic E-state index is 9.53. The van der Waals surface area contributed by atoms with Gasteiger partial charge in [-0.3, -0.25) is 4.98 Å². The molecule has 1 heterocycles. The summed E-state index contributed by atoms with van der Waals surface area (Å²) in [7, 11) is 0. The van der Waals surface area contributed by atoms with Crippen LogP contribution >= 0.6 is 0 Å². The van der Waals surface area contributed by atoms with Gasteiger partial charge in [0.25, 0.3) is 0 Å². The zero-order valence-electron chi connectivity index (χ0n) is 10.2. The Balaban J connectivity index is 2.50. The maximum Gasteiger partial charge on any atom is 0.143 e. The molecule has 1 atom stereocenters. The standard InChI is InChI=1S/C12H19NO4/c1-3-16-7-10(15)8-17-12-5-4-9(2)13-11(12)6-14/h4-5,10,14-15H,3,6-8H2,1-2H3. The lowest BCUT2D eigenvalue weighted by Crippen LogP contribution is -2.23. The summed E-state index contributed by atoms with van der Waals surface area (Å²) in [6.07, 6.45) is -0.678. The minimum absolute atomic E-state index is 0.123. The first-order valence-electron chi connectivity index (χ1n) is 5.63. The minimum atomic E-state index is -0.678. The predicted octanol–water partition coefficient (Wildman–Crippen LogP) is 0.659. The number of pyridine rings is 1. The second-order valence-corrected chi connectivity index (χ2v) is 3.68. The predicted molar refractivity (Wildman–Crippen MR) is 62.9 cm³/mol. The average molecular weight is 241 g/mol. The molecule has 0 spiro atoms. The monoisotopic (exact) mass is 241 g/mol. The molecule has 1 unspecified atom stereocenters. The van der Waals surface area contributed by atoms with Crippen molar-refractivity contribution in [2.24, 2.45) is 0 Å². The Morgan fingerprint density at radius 2 is 2.12 bits per heavy atom. The van der Waals surface area contributed by atoms with Crippen molar-refractivity contribution in [1.82, 2.24) is 4.98 Å². The Bertz CT molecular complexity index is 343. The molecular weight excluding hydrogens is 222 g/mol. The van der Waals surface area contributed by atoms with Crippen LogP contribution < -0.4 is 4.74 Å². The molecule has 0 amide bonds. The van der Waals surface area contributed by atoms with Crippen LogP contribution in [0.25, 0.3) is 0 Å². The summed E-state index contributed by atoms with van der Waals surface area (Å²) in [6.45, 7) is 4.44. The van der Waals surface area contributed by atoms with Crippen molar-refractivity contribution in [3.05, 3.63) is 23.5 Å². The van der Waals surface area contributed by atoms with E-state index in [9.17, 15) is 5.11 Å². The molecule has 0 radical (unpaired) electrons. The van der Waals surface area contributed by atoms with Crippen LogP contribution in [0.1, 0.15) is 18.3 Å². The van der Waals surface area contributed by atoms with Gasteiger partial charge >= 0.3 is 0 Å². The quantitative estimate of drug-likeness (QED) is 0.733. The van der Waals surface area contributed by atoms with Crippen molar-refractivity contribution in [3.8, 4) is 5.75 Å². The number of aliphatic hydroxyl groups excluding tert-OH is 2. The van der Waals surface area contributed by atoms with E-state index >= 15 is 0 Å². The Morgan fingerprint density at radius 1 is 1.35 bits per heavy atom. The lowest BCUT2D eigenvalue weighted by Gasteiger charge is -2.14. The highest BCUT2D eigenvalue weighted by Crippen LogP contribution is 2.16. The SMILES string of the molecule is CCOCC(O)COc1ccc(C)nc1CO. The third kappa shape index (κ3) is 4.68. The molecule has 1 rings (SSSR count). The fourth-order valence-electron chi connectivity index (χ4n) is 1.33. The van der Waals surface area contributed by atoms with Crippen LogP contribution in [0.15, 0.2) is 12.1 Å². The first-order valence-corrected chi connectivity index (χ1v) is 5.63. The van der Waals surface area contributed by atoms with E-state index in [0.29, 0.717) is 18.1 Å². The largest absolute Gasteiger partial charge is 0.489 e. The van der Waals surface area contributed by atoms with Crippen molar-refractivity contribution < 1.29 is 19.7 Å². The molecule has 17 heavy (non-hydrogen) atoms. The van der Waals surface area contributed by atoms with E-state index in [1.807, 2.05) is 13.8 Å². The summed E-state index contributed by atoms with van der Waals surface area (Å²) in [6, 6.07) is 3.53. The smallest absolute Gasteiger partial charge is 0.143 e. The molecule has 0 fully saturated rings. The van der Waals surface area contributed by atoms with Gasteiger partial charge in [-0.05, 0) is 26.0 Å². The minimum Gasteiger partial charge on any atom is -0.489 e. The van der Waals surface area contributed by atoms with Crippen molar-refractivity contribution in [2.75, 3.05) is 19.8 Å². The molecule has 5 heteroatoms. The summed E-state index contributed by atoms with van der Waals surface area (Å²) in [5.41, 5.74) is 1.30. The van der Waals surface area contributed by atoms with Gasteiger partial charge in [-0.15, -0.1) is 0 Å². The van der Waals surface area contributed by atoms with E-state index in [1.54, 1.807) is 12.1 Å². The fraction of sp³-hybridized carbons (Fsp3) is 0.583. The van der Waals surface area contributed by atoms with Gasteiger partial charge in [0.05, 0.1) is 13.2 Å². The summed E-state index contributed by atoms with van der Waals surface area (Å²) in [5.74, 6) is 0.494. The van der Waals surface area contributed by atoms with E-state index < -0.39 is 6.10 Å². The molecule has 5 nitrogen and oxygen atoms in total. The number of aromatic nitrogens is 1. The molecule has 96 valence electrons. The Morgan fingerprint density at radius 3 is 2.76 bits per heavy atom. The van der Waals surface area contributed by atoms with Crippen LogP contribution in [0.5, 0.6) is 5.75 Å². The van der Waals surface area contributed by atoms with Gasteiger partial charge in [0.15, 0.2) is 0 Å². The maximum absolute atomic E-state index is 9.53. The molecular formula is C12H19NO4. The fourth-order valence-corrected chi connectivity index (χ4v) is 1.33. The molecule has 0 saturated heterocycles. The van der Waals surface area contributed by atoms with Gasteiger partial charge in [0.1, 0.15) is 24.2 Å². The first-order chi connectivity index (χ1) is 8.17. The van der Waals surface area contributed by atoms with Crippen LogP contribution in [0.4, 0.5) is 0 Å². The highest BCUT2D eigenvalue weighted by atomic mass is 16.5. The summed E-state index contributed by atoms with van der Waals surface area (Å²) in [5, 5.41) is 18.6. The first kappa shape index (κ1) is 13.9. The highest BCUT2D eigenvalue weighted by Gasteiger charge is 2.09. The van der Waals surface area contributed by atoms with Gasteiger partial charge in [0, 0.05) is 12.3 Å². The number of hydrogen-bond acceptors (Lipinski definition) is 5. The van der Waals surface area contributed by atoms with Crippen LogP contribution in [-0.4, -0.2) is 41.1 Å². The van der Waals surface area contributed by atoms with Crippen molar-refractivity contribution >= 4 is 0 Å². The van der Waals surface area contributed by atoms with Gasteiger partial charge < -0.3 is 19.7 Å². The molecule has 0 bridgehead atoms. The van der Waals surface area contributed by atoms with E-state index in [2.05, 4.69) is 4.98 Å². The van der Waals surface area contributed by atoms with Crippen molar-refractivity contribution in [2.45, 2.75) is 26.6 Å². The van der Waals surface area contributed by atoms with Crippen molar-refractivity contribution in [1.29, 1.82) is 0 Å². The Hall–Kier alpha value is -1.17. The summed E-state index contributed by atoms with van der Waals surface area (Å²) in [4.78, 5) is 4.14. The zero-order valence-corrected chi connectivity index (χ0v) is 10.2. The topological polar surface area (TPSA) is 71.8 Å². The Kier molecular flexibility index (Phi) is 5.90. The van der Waals surface area contributed by atoms with Gasteiger partial charge in [-0.25, -0.2) is 0 Å². The van der Waals surface area contributed by atoms with Gasteiger partial charge in [-0.1, -0.05) is 0 Å². The van der Waals surface area contributed by atoms with Gasteiger partial charge in [0.2, 0.25) is 0 Å². The molecule has 0 aliphatic rings. The second kappa shape index (κ2) is 7.21. The third-order valence-corrected chi connectivity index (χ3v) is 2.17. The van der Waals surface area contributed by atoms with E-state index in [0.717, 1.165) is 5.69 Å². The number of aryl methyl sites for hydroxylation is 1. The Labute approximate surface area is 101 Å². The zero-order chi connectivity index (χ0) is 12.7. The summed E-state index contributed by atoms with van der Waals surface area (Å²) < 4.78 is 10.5. The van der Waals surface area contributed by atoms with Crippen molar-refractivity contribution in [3.63, 3.8) is 0 Å². The molecule has 0 saturated carbocycles. The van der Waals surface area contributed by atoms with E-state index in [4.69, 9.17) is 14.6 Å². The van der Waals surface area contributed by atoms with Gasteiger partial charge in [-0.2, -0.15) is 0 Å². The van der Waals surface area contributed by atoms with Crippen LogP contribution in [0.3, 0.4) is 0 Å². The molecule has 0 aromatic carbocycles. The number of hydrogen-bond donors (Lipinski definition) is 2. The number of ether oxygens (including phenoxy) is 2. The van der Waals surface area contributed by atoms with E-state index in [1.165, 1.54) is 0 Å². The normalized spacial score (nSPS) is 12.5. The lowest BCUT2D eigenvalue weighted by atomic mass is 10.3. The molecule has 2 N–H and O–H groups in total. The highest BCUT2D eigenvalue weighted by molar-refractivity contribution is 5.28. The third-order valence-electron chi connectivity index (χ3n) is 2.17. The second-order valence-electron chi connectivity index (χ2n) is 3.68. The van der Waals surface area contributed by atoms with Crippen LogP contribution in [0, 0.1) is 6.92 Å². The summed E-state index contributed by atoms with van der Waals surface area (Å²) >= 11 is 0. The molecule has 0 aliphatic carbocycles. The molecule has 1 aromatic heterocycles. The number of aliphatic hydroxyl groups is 2. The van der Waals surface area contributed by atoms with E-state index in [-0.39, 0.29) is 19.8 Å². The van der Waals surface area contributed by atoms with Crippen LogP contribution in [-0.2, 0) is 11.3 Å². The lowest BCUT2D eigenvalue weighted by molar-refractivity contribution is 0.0159. The number of rotatable bonds is 7. The van der Waals surface area contributed by atoms with Crippen LogP contribution in [0.2, 0.25) is 0 Å². The number of nitrogens with zero attached hydrogens (tertiary/aromatic N) is 1. The average Bonchev–Trinajstić information content (AvgIpc) is 2.34. The molecule has 0 aliphatic heterocycles.